The molecule has 2 nitrogen and oxygen atoms in total. The molecule has 6 aromatic rings. The first-order valence-corrected chi connectivity index (χ1v) is 18.4. The molecule has 0 saturated carbocycles. The molecule has 0 aliphatic carbocycles. The van der Waals surface area contributed by atoms with Crippen LogP contribution < -0.4 is 9.47 Å². The highest BCUT2D eigenvalue weighted by Gasteiger charge is 2.32. The Morgan fingerprint density at radius 1 is 0.345 bits per heavy atom. The van der Waals surface area contributed by atoms with Crippen LogP contribution in [0.1, 0.15) is 54.4 Å². The lowest BCUT2D eigenvalue weighted by atomic mass is 9.97. The van der Waals surface area contributed by atoms with Gasteiger partial charge >= 0.3 is 12.7 Å². The van der Waals surface area contributed by atoms with Crippen LogP contribution in [-0.2, 0) is 12.8 Å². The molecule has 0 aromatic heterocycles. The van der Waals surface area contributed by atoms with Gasteiger partial charge in [-0.1, -0.05) is 128 Å². The fourth-order valence-electron chi connectivity index (χ4n) is 6.76. The third-order valence-electron chi connectivity index (χ3n) is 9.74. The number of rotatable bonds is 14. The number of benzene rings is 6. The van der Waals surface area contributed by atoms with Crippen LogP contribution in [0.15, 0.2) is 133 Å². The van der Waals surface area contributed by atoms with E-state index in [9.17, 15) is 26.3 Å². The molecule has 0 aliphatic rings. The van der Waals surface area contributed by atoms with Gasteiger partial charge in [-0.2, -0.15) is 0 Å². The van der Waals surface area contributed by atoms with Gasteiger partial charge in [0.2, 0.25) is 0 Å². The Balaban J connectivity index is 0.893. The number of aryl methyl sites for hydroxylation is 4. The summed E-state index contributed by atoms with van der Waals surface area (Å²) < 4.78 is 83.9. The number of hydrogen-bond acceptors (Lipinski definition) is 2. The molecule has 0 bridgehead atoms. The first-order chi connectivity index (χ1) is 26.3. The molecule has 0 atom stereocenters. The van der Waals surface area contributed by atoms with Gasteiger partial charge in [-0.3, -0.25) is 0 Å². The summed E-state index contributed by atoms with van der Waals surface area (Å²) in [7, 11) is 0. The standard InChI is InChI=1S/C47H42F6O2/c1-32-30-42(26-28-44(32)54-46(48,49)50)40-22-18-38(19-23-40)36-14-10-34(11-15-36)8-6-4-3-5-7-9-35-12-16-37(17-13-35)39-20-24-41(25-21-39)43-27-29-45(33(2)31-43)55-47(51,52)53/h10-31H,3-9H2,1-2H3. The second-order valence-electron chi connectivity index (χ2n) is 13.9. The largest absolute Gasteiger partial charge is 0.573 e. The van der Waals surface area contributed by atoms with Crippen molar-refractivity contribution in [2.45, 2.75) is 71.5 Å². The van der Waals surface area contributed by atoms with Crippen molar-refractivity contribution < 1.29 is 35.8 Å². The molecule has 0 spiro atoms. The topological polar surface area (TPSA) is 18.5 Å². The van der Waals surface area contributed by atoms with Crippen LogP contribution in [-0.4, -0.2) is 12.7 Å². The van der Waals surface area contributed by atoms with Crippen molar-refractivity contribution >= 4 is 0 Å². The molecular weight excluding hydrogens is 711 g/mol. The minimum Gasteiger partial charge on any atom is -0.406 e. The molecule has 284 valence electrons. The first-order valence-electron chi connectivity index (χ1n) is 18.4. The van der Waals surface area contributed by atoms with Crippen molar-refractivity contribution in [3.63, 3.8) is 0 Å². The third kappa shape index (κ3) is 11.3. The summed E-state index contributed by atoms with van der Waals surface area (Å²) in [6.45, 7) is 3.21. The van der Waals surface area contributed by atoms with Crippen molar-refractivity contribution in [3.8, 4) is 56.0 Å². The minimum absolute atomic E-state index is 0.191. The second kappa shape index (κ2) is 17.3. The van der Waals surface area contributed by atoms with Gasteiger partial charge in [0.05, 0.1) is 0 Å². The van der Waals surface area contributed by atoms with E-state index in [0.29, 0.717) is 11.1 Å². The molecule has 6 rings (SSSR count). The van der Waals surface area contributed by atoms with Gasteiger partial charge in [0.25, 0.3) is 0 Å². The van der Waals surface area contributed by atoms with Crippen LogP contribution in [0.5, 0.6) is 11.5 Å². The van der Waals surface area contributed by atoms with Crippen molar-refractivity contribution in [1.29, 1.82) is 0 Å². The lowest BCUT2D eigenvalue weighted by Crippen LogP contribution is -2.17. The Kier molecular flexibility index (Phi) is 12.3. The van der Waals surface area contributed by atoms with E-state index in [1.165, 1.54) is 42.5 Å². The van der Waals surface area contributed by atoms with Gasteiger partial charge in [0, 0.05) is 0 Å². The van der Waals surface area contributed by atoms with E-state index in [0.717, 1.165) is 70.2 Å². The fraction of sp³-hybridized carbons (Fsp3) is 0.234. The molecule has 0 saturated heterocycles. The van der Waals surface area contributed by atoms with Crippen molar-refractivity contribution in [2.24, 2.45) is 0 Å². The number of unbranched alkanes of at least 4 members (excludes halogenated alkanes) is 4. The van der Waals surface area contributed by atoms with Crippen LogP contribution in [0.25, 0.3) is 44.5 Å². The van der Waals surface area contributed by atoms with E-state index < -0.39 is 12.7 Å². The van der Waals surface area contributed by atoms with Crippen LogP contribution in [0.4, 0.5) is 26.3 Å². The fourth-order valence-corrected chi connectivity index (χ4v) is 6.76. The SMILES string of the molecule is Cc1cc(-c2ccc(-c3ccc(CCCCCCCc4ccc(-c5ccc(-c6ccc(OC(F)(F)F)c(C)c6)cc5)cc4)cc3)cc2)ccc1OC(F)(F)F. The van der Waals surface area contributed by atoms with E-state index in [-0.39, 0.29) is 11.5 Å². The Labute approximate surface area is 318 Å². The van der Waals surface area contributed by atoms with Crippen LogP contribution >= 0.6 is 0 Å². The number of ether oxygens (including phenoxy) is 2. The van der Waals surface area contributed by atoms with Gasteiger partial charge in [-0.05, 0) is 131 Å². The lowest BCUT2D eigenvalue weighted by Gasteiger charge is -2.13. The smallest absolute Gasteiger partial charge is 0.406 e. The minimum atomic E-state index is -4.71. The summed E-state index contributed by atoms with van der Waals surface area (Å²) in [5, 5.41) is 0. The summed E-state index contributed by atoms with van der Waals surface area (Å²) >= 11 is 0. The lowest BCUT2D eigenvalue weighted by molar-refractivity contribution is -0.275. The zero-order chi connectivity index (χ0) is 39.0. The highest BCUT2D eigenvalue weighted by molar-refractivity contribution is 5.73. The number of hydrogen-bond donors (Lipinski definition) is 0. The van der Waals surface area contributed by atoms with E-state index >= 15 is 0 Å². The molecule has 0 heterocycles. The van der Waals surface area contributed by atoms with Gasteiger partial charge in [0.15, 0.2) is 0 Å². The maximum Gasteiger partial charge on any atom is 0.573 e. The molecule has 6 aromatic carbocycles. The van der Waals surface area contributed by atoms with E-state index in [1.54, 1.807) is 38.1 Å². The first kappa shape index (κ1) is 39.2. The molecule has 0 unspecified atom stereocenters. The summed E-state index contributed by atoms with van der Waals surface area (Å²) in [5.41, 5.74) is 11.4. The maximum absolute atomic E-state index is 12.6. The predicted octanol–water partition coefficient (Wildman–Crippen LogP) is 14.5. The second-order valence-corrected chi connectivity index (χ2v) is 13.9. The summed E-state index contributed by atoms with van der Waals surface area (Å²) in [6.07, 6.45) is -1.49. The normalized spacial score (nSPS) is 11.8. The molecule has 0 aliphatic heterocycles. The molecular formula is C47H42F6O2. The number of alkyl halides is 6. The van der Waals surface area contributed by atoms with Crippen LogP contribution in [0.2, 0.25) is 0 Å². The molecule has 0 fully saturated rings. The summed E-state index contributed by atoms with van der Waals surface area (Å²) in [4.78, 5) is 0. The molecule has 55 heavy (non-hydrogen) atoms. The predicted molar refractivity (Wildman–Crippen MR) is 208 cm³/mol. The van der Waals surface area contributed by atoms with Crippen LogP contribution in [0.3, 0.4) is 0 Å². The van der Waals surface area contributed by atoms with Gasteiger partial charge < -0.3 is 9.47 Å². The maximum atomic E-state index is 12.6. The molecule has 0 N–H and O–H groups in total. The van der Waals surface area contributed by atoms with Crippen molar-refractivity contribution in [3.05, 3.63) is 156 Å². The van der Waals surface area contributed by atoms with E-state index in [2.05, 4.69) is 58.0 Å². The zero-order valence-corrected chi connectivity index (χ0v) is 30.7. The van der Waals surface area contributed by atoms with Gasteiger partial charge in [-0.15, -0.1) is 26.3 Å². The average Bonchev–Trinajstić information content (AvgIpc) is 3.16. The van der Waals surface area contributed by atoms with Crippen molar-refractivity contribution in [1.82, 2.24) is 0 Å². The summed E-state index contributed by atoms with van der Waals surface area (Å²) in [5.74, 6) is -0.382. The van der Waals surface area contributed by atoms with E-state index in [1.807, 2.05) is 48.5 Å². The average molecular weight is 753 g/mol. The molecule has 0 radical (unpaired) electrons. The quantitative estimate of drug-likeness (QED) is 0.0815. The summed E-state index contributed by atoms with van der Waals surface area (Å²) in [6, 6.07) is 42.7. The highest BCUT2D eigenvalue weighted by Crippen LogP contribution is 2.33. The third-order valence-corrected chi connectivity index (χ3v) is 9.74. The molecule has 0 amide bonds. The van der Waals surface area contributed by atoms with Gasteiger partial charge in [-0.25, -0.2) is 0 Å². The Bertz CT molecular complexity index is 1990. The highest BCUT2D eigenvalue weighted by atomic mass is 19.4. The van der Waals surface area contributed by atoms with Gasteiger partial charge in [0.1, 0.15) is 11.5 Å². The zero-order valence-electron chi connectivity index (χ0n) is 30.7. The van der Waals surface area contributed by atoms with E-state index in [4.69, 9.17) is 0 Å². The molecule has 8 heteroatoms. The monoisotopic (exact) mass is 752 g/mol. The number of halogens is 6. The van der Waals surface area contributed by atoms with Crippen molar-refractivity contribution in [2.75, 3.05) is 0 Å². The Morgan fingerprint density at radius 3 is 0.891 bits per heavy atom. The Morgan fingerprint density at radius 2 is 0.600 bits per heavy atom. The van der Waals surface area contributed by atoms with Crippen LogP contribution in [0, 0.1) is 13.8 Å². The Hall–Kier alpha value is -5.50.